The second-order valence-corrected chi connectivity index (χ2v) is 4.49. The van der Waals surface area contributed by atoms with E-state index in [-0.39, 0.29) is 5.82 Å². The lowest BCUT2D eigenvalue weighted by atomic mass is 9.98. The van der Waals surface area contributed by atoms with Crippen molar-refractivity contribution in [2.24, 2.45) is 0 Å². The van der Waals surface area contributed by atoms with Crippen LogP contribution in [0.2, 0.25) is 0 Å². The van der Waals surface area contributed by atoms with Crippen molar-refractivity contribution in [3.05, 3.63) is 60.8 Å². The van der Waals surface area contributed by atoms with Gasteiger partial charge in [-0.25, -0.2) is 14.4 Å². The molecule has 3 heteroatoms. The normalized spacial score (nSPS) is 11.4. The Hall–Kier alpha value is -2.55. The molecular weight excluding hydrogens is 239 g/mol. The van der Waals surface area contributed by atoms with E-state index in [1.54, 1.807) is 12.3 Å². The summed E-state index contributed by atoms with van der Waals surface area (Å²) in [6.45, 7) is 0. The highest BCUT2D eigenvalue weighted by Crippen LogP contribution is 2.34. The van der Waals surface area contributed by atoms with E-state index >= 15 is 0 Å². The van der Waals surface area contributed by atoms with Gasteiger partial charge in [0.25, 0.3) is 0 Å². The average Bonchev–Trinajstić information content (AvgIpc) is 2.47. The van der Waals surface area contributed by atoms with Crippen molar-refractivity contribution in [2.45, 2.75) is 0 Å². The van der Waals surface area contributed by atoms with Crippen LogP contribution >= 0.6 is 0 Å². The van der Waals surface area contributed by atoms with E-state index in [4.69, 9.17) is 0 Å². The molecule has 0 fully saturated rings. The zero-order valence-electron chi connectivity index (χ0n) is 9.97. The molecule has 3 aromatic carbocycles. The number of nitrogens with zero attached hydrogens (tertiary/aromatic N) is 2. The first-order valence-electron chi connectivity index (χ1n) is 6.05. The van der Waals surface area contributed by atoms with Gasteiger partial charge in [0.05, 0.1) is 5.52 Å². The molecule has 2 nitrogen and oxygen atoms in total. The lowest BCUT2D eigenvalue weighted by Crippen LogP contribution is -1.89. The summed E-state index contributed by atoms with van der Waals surface area (Å²) in [6.07, 6.45) is 3.29. The van der Waals surface area contributed by atoms with Crippen LogP contribution in [-0.2, 0) is 0 Å². The second kappa shape index (κ2) is 3.72. The van der Waals surface area contributed by atoms with Crippen molar-refractivity contribution in [3.63, 3.8) is 0 Å². The van der Waals surface area contributed by atoms with Gasteiger partial charge in [0, 0.05) is 22.4 Å². The van der Waals surface area contributed by atoms with E-state index in [1.165, 1.54) is 12.4 Å². The van der Waals surface area contributed by atoms with Crippen molar-refractivity contribution in [1.29, 1.82) is 0 Å². The highest BCUT2D eigenvalue weighted by molar-refractivity contribution is 6.23. The minimum Gasteiger partial charge on any atom is -0.244 e. The average molecular weight is 248 g/mol. The summed E-state index contributed by atoms with van der Waals surface area (Å²) >= 11 is 0. The number of hydrogen-bond acceptors (Lipinski definition) is 2. The molecule has 0 atom stereocenters. The molecule has 4 rings (SSSR count). The van der Waals surface area contributed by atoms with E-state index in [2.05, 4.69) is 9.97 Å². The third-order valence-electron chi connectivity index (χ3n) is 3.47. The first-order chi connectivity index (χ1) is 9.36. The van der Waals surface area contributed by atoms with E-state index in [9.17, 15) is 4.39 Å². The summed E-state index contributed by atoms with van der Waals surface area (Å²) in [6, 6.07) is 12.9. The highest BCUT2D eigenvalue weighted by atomic mass is 19.1. The Morgan fingerprint density at radius 1 is 0.789 bits per heavy atom. The van der Waals surface area contributed by atoms with Crippen LogP contribution in [0, 0.1) is 5.82 Å². The largest absolute Gasteiger partial charge is 0.244 e. The lowest BCUT2D eigenvalue weighted by Gasteiger charge is -2.09. The minimum absolute atomic E-state index is 0.214. The maximum absolute atomic E-state index is 14.2. The van der Waals surface area contributed by atoms with Crippen LogP contribution in [0.5, 0.6) is 0 Å². The van der Waals surface area contributed by atoms with E-state index in [0.717, 1.165) is 27.1 Å². The minimum atomic E-state index is -0.214. The Morgan fingerprint density at radius 3 is 2.47 bits per heavy atom. The number of rotatable bonds is 0. The highest BCUT2D eigenvalue weighted by Gasteiger charge is 2.11. The van der Waals surface area contributed by atoms with Crippen molar-refractivity contribution in [1.82, 2.24) is 9.97 Å². The van der Waals surface area contributed by atoms with Gasteiger partial charge in [0.1, 0.15) is 12.1 Å². The Labute approximate surface area is 108 Å². The van der Waals surface area contributed by atoms with Crippen molar-refractivity contribution in [3.8, 4) is 0 Å². The summed E-state index contributed by atoms with van der Waals surface area (Å²) in [4.78, 5) is 8.41. The summed E-state index contributed by atoms with van der Waals surface area (Å²) < 4.78 is 14.2. The molecule has 0 aliphatic rings. The molecule has 19 heavy (non-hydrogen) atoms. The Kier molecular flexibility index (Phi) is 2.03. The predicted octanol–water partition coefficient (Wildman–Crippen LogP) is 4.08. The maximum atomic E-state index is 14.2. The van der Waals surface area contributed by atoms with Crippen LogP contribution in [0.3, 0.4) is 0 Å². The molecule has 0 aliphatic heterocycles. The van der Waals surface area contributed by atoms with Gasteiger partial charge in [-0.1, -0.05) is 36.4 Å². The van der Waals surface area contributed by atoms with Gasteiger partial charge in [-0.15, -0.1) is 0 Å². The number of hydrogen-bond donors (Lipinski definition) is 0. The van der Waals surface area contributed by atoms with Crippen LogP contribution < -0.4 is 0 Å². The molecule has 0 saturated carbocycles. The number of aromatic nitrogens is 2. The number of fused-ring (bicyclic) bond motifs is 6. The lowest BCUT2D eigenvalue weighted by molar-refractivity contribution is 0.640. The molecule has 0 amide bonds. The standard InChI is InChI=1S/C16H9FN2/c17-14-7-3-6-12-15(14)11-5-2-1-4-10(11)13-8-18-9-19-16(12)13/h1-9H. The van der Waals surface area contributed by atoms with Gasteiger partial charge in [-0.3, -0.25) is 0 Å². The summed E-state index contributed by atoms with van der Waals surface area (Å²) in [5, 5.41) is 4.30. The molecule has 0 unspecified atom stereocenters. The first-order valence-corrected chi connectivity index (χ1v) is 6.05. The zero-order chi connectivity index (χ0) is 12.8. The third kappa shape index (κ3) is 1.35. The SMILES string of the molecule is Fc1cccc2c3ncncc3c3ccccc3c12. The molecule has 0 aliphatic carbocycles. The molecule has 0 saturated heterocycles. The fraction of sp³-hybridized carbons (Fsp3) is 0. The Balaban J connectivity index is 2.48. The monoisotopic (exact) mass is 248 g/mol. The fourth-order valence-electron chi connectivity index (χ4n) is 2.67. The van der Waals surface area contributed by atoms with Crippen LogP contribution in [0.1, 0.15) is 0 Å². The van der Waals surface area contributed by atoms with Crippen LogP contribution in [0.4, 0.5) is 4.39 Å². The number of halogens is 1. The first kappa shape index (κ1) is 10.4. The quantitative estimate of drug-likeness (QED) is 0.438. The van der Waals surface area contributed by atoms with E-state index < -0.39 is 0 Å². The zero-order valence-corrected chi connectivity index (χ0v) is 9.97. The molecule has 90 valence electrons. The summed E-state index contributed by atoms with van der Waals surface area (Å²) in [5.41, 5.74) is 0.795. The Morgan fingerprint density at radius 2 is 1.58 bits per heavy atom. The molecule has 0 spiro atoms. The van der Waals surface area contributed by atoms with E-state index in [0.29, 0.717) is 5.39 Å². The van der Waals surface area contributed by atoms with Gasteiger partial charge < -0.3 is 0 Å². The fourth-order valence-corrected chi connectivity index (χ4v) is 2.67. The summed E-state index contributed by atoms with van der Waals surface area (Å²) in [5.74, 6) is -0.214. The topological polar surface area (TPSA) is 25.8 Å². The molecule has 1 aromatic heterocycles. The van der Waals surface area contributed by atoms with Crippen molar-refractivity contribution in [2.75, 3.05) is 0 Å². The van der Waals surface area contributed by atoms with Crippen molar-refractivity contribution < 1.29 is 4.39 Å². The molecule has 0 radical (unpaired) electrons. The molecule has 0 bridgehead atoms. The van der Waals surface area contributed by atoms with Crippen LogP contribution in [0.15, 0.2) is 55.0 Å². The third-order valence-corrected chi connectivity index (χ3v) is 3.47. The molecular formula is C16H9FN2. The van der Waals surface area contributed by atoms with Gasteiger partial charge >= 0.3 is 0 Å². The van der Waals surface area contributed by atoms with Gasteiger partial charge in [-0.05, 0) is 16.8 Å². The van der Waals surface area contributed by atoms with Crippen LogP contribution in [0.25, 0.3) is 32.4 Å². The molecule has 1 heterocycles. The van der Waals surface area contributed by atoms with E-state index in [1.807, 2.05) is 30.3 Å². The number of benzene rings is 3. The summed E-state index contributed by atoms with van der Waals surface area (Å²) in [7, 11) is 0. The Bertz CT molecular complexity index is 886. The maximum Gasteiger partial charge on any atom is 0.131 e. The van der Waals surface area contributed by atoms with Crippen molar-refractivity contribution >= 4 is 32.4 Å². The van der Waals surface area contributed by atoms with Gasteiger partial charge in [0.15, 0.2) is 0 Å². The van der Waals surface area contributed by atoms with Gasteiger partial charge in [-0.2, -0.15) is 0 Å². The second-order valence-electron chi connectivity index (χ2n) is 4.49. The molecule has 0 N–H and O–H groups in total. The van der Waals surface area contributed by atoms with Gasteiger partial charge in [0.2, 0.25) is 0 Å². The predicted molar refractivity (Wildman–Crippen MR) is 74.5 cm³/mol. The molecule has 4 aromatic rings. The smallest absolute Gasteiger partial charge is 0.131 e. The van der Waals surface area contributed by atoms with Crippen LogP contribution in [-0.4, -0.2) is 9.97 Å².